The second-order valence-electron chi connectivity index (χ2n) is 7.64. The molecule has 0 radical (unpaired) electrons. The zero-order valence-corrected chi connectivity index (χ0v) is 19.2. The maximum absolute atomic E-state index is 12.4. The molecule has 0 saturated carbocycles. The van der Waals surface area contributed by atoms with Gasteiger partial charge in [0.25, 0.3) is 0 Å². The van der Waals surface area contributed by atoms with Gasteiger partial charge in [-0.3, -0.25) is 14.5 Å². The third-order valence-corrected chi connectivity index (χ3v) is 6.08. The summed E-state index contributed by atoms with van der Waals surface area (Å²) < 4.78 is 1.98. The van der Waals surface area contributed by atoms with Crippen LogP contribution in [0, 0.1) is 20.8 Å². The molecule has 0 aliphatic rings. The summed E-state index contributed by atoms with van der Waals surface area (Å²) in [6, 6.07) is 12.3. The van der Waals surface area contributed by atoms with E-state index < -0.39 is 0 Å². The first-order valence-corrected chi connectivity index (χ1v) is 11.3. The Kier molecular flexibility index (Phi) is 6.56. The summed E-state index contributed by atoms with van der Waals surface area (Å²) in [5.74, 6) is -0.157. The molecule has 0 aliphatic heterocycles. The maximum atomic E-state index is 12.4. The minimum Gasteiger partial charge on any atom is -0.346 e. The molecule has 162 valence electrons. The van der Waals surface area contributed by atoms with E-state index in [2.05, 4.69) is 51.6 Å². The van der Waals surface area contributed by atoms with Crippen LogP contribution in [0.4, 0.5) is 0 Å². The van der Waals surface area contributed by atoms with Crippen LogP contribution >= 0.6 is 11.3 Å². The molecule has 3 aromatic heterocycles. The van der Waals surface area contributed by atoms with Crippen molar-refractivity contribution in [3.05, 3.63) is 93.3 Å². The van der Waals surface area contributed by atoms with Crippen molar-refractivity contribution >= 4 is 23.3 Å². The molecule has 0 spiro atoms. The number of hydrogen-bond acceptors (Lipinski definition) is 5. The highest BCUT2D eigenvalue weighted by Gasteiger charge is 2.10. The molecular formula is C25H25N5OS. The Balaban J connectivity index is 1.37. The summed E-state index contributed by atoms with van der Waals surface area (Å²) in [5.41, 5.74) is 7.26. The molecule has 0 bridgehead atoms. The lowest BCUT2D eigenvalue weighted by atomic mass is 10.1. The lowest BCUT2D eigenvalue weighted by Gasteiger charge is -2.05. The quantitative estimate of drug-likeness (QED) is 0.420. The Morgan fingerprint density at radius 3 is 2.59 bits per heavy atom. The summed E-state index contributed by atoms with van der Waals surface area (Å²) in [6.07, 6.45) is 6.88. The molecule has 0 aliphatic carbocycles. The number of carbonyl (C=O) groups is 1. The third kappa shape index (κ3) is 5.18. The molecule has 6 nitrogen and oxygen atoms in total. The number of aromatic nitrogens is 4. The fourth-order valence-electron chi connectivity index (χ4n) is 3.40. The van der Waals surface area contributed by atoms with E-state index in [1.807, 2.05) is 42.1 Å². The number of carbonyl (C=O) groups excluding carboxylic acids is 1. The van der Waals surface area contributed by atoms with Gasteiger partial charge in [-0.05, 0) is 44.5 Å². The first-order chi connectivity index (χ1) is 15.5. The number of nitrogens with zero attached hydrogens (tertiary/aromatic N) is 4. The number of pyridine rings is 1. The van der Waals surface area contributed by atoms with E-state index in [4.69, 9.17) is 0 Å². The average Bonchev–Trinajstić information content (AvgIpc) is 3.38. The van der Waals surface area contributed by atoms with Crippen molar-refractivity contribution in [1.29, 1.82) is 0 Å². The van der Waals surface area contributed by atoms with Gasteiger partial charge in [-0.1, -0.05) is 29.8 Å². The standard InChI is InChI=1S/C25H25N5OS/c1-17-4-6-20(7-5-17)15-30-19(3)22(18(2)29-30)8-9-24(31)27-14-25-28-23(16-32-25)21-10-12-26-13-11-21/h4-13,16H,14-15H2,1-3H3,(H,27,31)/b9-8+. The van der Waals surface area contributed by atoms with Crippen LogP contribution < -0.4 is 5.32 Å². The highest BCUT2D eigenvalue weighted by Crippen LogP contribution is 2.21. The number of benzene rings is 1. The van der Waals surface area contributed by atoms with Gasteiger partial charge in [-0.2, -0.15) is 5.10 Å². The summed E-state index contributed by atoms with van der Waals surface area (Å²) in [6.45, 7) is 7.17. The predicted octanol–water partition coefficient (Wildman–Crippen LogP) is 4.70. The van der Waals surface area contributed by atoms with Gasteiger partial charge in [-0.25, -0.2) is 4.98 Å². The largest absolute Gasteiger partial charge is 0.346 e. The molecule has 0 saturated heterocycles. The van der Waals surface area contributed by atoms with Crippen molar-refractivity contribution in [2.75, 3.05) is 0 Å². The van der Waals surface area contributed by atoms with Gasteiger partial charge in [0, 0.05) is 40.7 Å². The number of nitrogens with one attached hydrogen (secondary N) is 1. The van der Waals surface area contributed by atoms with Crippen LogP contribution in [-0.4, -0.2) is 25.7 Å². The fourth-order valence-corrected chi connectivity index (χ4v) is 4.14. The molecule has 1 aromatic carbocycles. The van der Waals surface area contributed by atoms with Gasteiger partial charge in [0.05, 0.1) is 24.5 Å². The maximum Gasteiger partial charge on any atom is 0.244 e. The van der Waals surface area contributed by atoms with Gasteiger partial charge >= 0.3 is 0 Å². The number of amides is 1. The van der Waals surface area contributed by atoms with E-state index in [1.165, 1.54) is 22.5 Å². The summed E-state index contributed by atoms with van der Waals surface area (Å²) in [7, 11) is 0. The van der Waals surface area contributed by atoms with Crippen molar-refractivity contribution in [3.63, 3.8) is 0 Å². The SMILES string of the molecule is Cc1ccc(Cn2nc(C)c(/C=C/C(=O)NCc3nc(-c4ccncc4)cs3)c2C)cc1. The zero-order valence-electron chi connectivity index (χ0n) is 18.4. The van der Waals surface area contributed by atoms with Gasteiger partial charge in [-0.15, -0.1) is 11.3 Å². The Bertz CT molecular complexity index is 1240. The Labute approximate surface area is 191 Å². The third-order valence-electron chi connectivity index (χ3n) is 5.23. The summed E-state index contributed by atoms with van der Waals surface area (Å²) in [5, 5.41) is 10.4. The van der Waals surface area contributed by atoms with Crippen LogP contribution in [-0.2, 0) is 17.9 Å². The van der Waals surface area contributed by atoms with Crippen molar-refractivity contribution in [2.24, 2.45) is 0 Å². The van der Waals surface area contributed by atoms with Gasteiger partial charge < -0.3 is 5.32 Å². The van der Waals surface area contributed by atoms with E-state index in [1.54, 1.807) is 18.5 Å². The average molecular weight is 444 g/mol. The van der Waals surface area contributed by atoms with Crippen LogP contribution in [0.15, 0.2) is 60.2 Å². The van der Waals surface area contributed by atoms with Crippen LogP contribution in [0.3, 0.4) is 0 Å². The predicted molar refractivity (Wildman–Crippen MR) is 128 cm³/mol. The number of hydrogen-bond donors (Lipinski definition) is 1. The van der Waals surface area contributed by atoms with Crippen molar-refractivity contribution in [1.82, 2.24) is 25.1 Å². The lowest BCUT2D eigenvalue weighted by molar-refractivity contribution is -0.116. The summed E-state index contributed by atoms with van der Waals surface area (Å²) >= 11 is 1.53. The first kappa shape index (κ1) is 21.6. The Morgan fingerprint density at radius 2 is 1.84 bits per heavy atom. The zero-order chi connectivity index (χ0) is 22.5. The first-order valence-electron chi connectivity index (χ1n) is 10.4. The van der Waals surface area contributed by atoms with Crippen molar-refractivity contribution in [2.45, 2.75) is 33.9 Å². The van der Waals surface area contributed by atoms with Gasteiger partial charge in [0.2, 0.25) is 5.91 Å². The normalized spacial score (nSPS) is 11.2. The van der Waals surface area contributed by atoms with Crippen LogP contribution in [0.25, 0.3) is 17.3 Å². The van der Waals surface area contributed by atoms with Crippen LogP contribution in [0.5, 0.6) is 0 Å². The highest BCUT2D eigenvalue weighted by atomic mass is 32.1. The number of rotatable bonds is 7. The lowest BCUT2D eigenvalue weighted by Crippen LogP contribution is -2.20. The smallest absolute Gasteiger partial charge is 0.244 e. The summed E-state index contributed by atoms with van der Waals surface area (Å²) in [4.78, 5) is 21.0. The molecule has 0 atom stereocenters. The Morgan fingerprint density at radius 1 is 1.09 bits per heavy atom. The molecule has 1 amide bonds. The molecule has 7 heteroatoms. The topological polar surface area (TPSA) is 72.7 Å². The second kappa shape index (κ2) is 9.70. The molecule has 0 fully saturated rings. The minimum atomic E-state index is -0.157. The fraction of sp³-hybridized carbons (Fsp3) is 0.200. The molecule has 1 N–H and O–H groups in total. The molecule has 4 aromatic rings. The second-order valence-corrected chi connectivity index (χ2v) is 8.58. The molecule has 32 heavy (non-hydrogen) atoms. The monoisotopic (exact) mass is 443 g/mol. The van der Waals surface area contributed by atoms with Crippen LogP contribution in [0.1, 0.15) is 33.1 Å². The molecule has 4 rings (SSSR count). The Hall–Kier alpha value is -3.58. The number of aryl methyl sites for hydroxylation is 2. The van der Waals surface area contributed by atoms with E-state index in [-0.39, 0.29) is 5.91 Å². The molecule has 3 heterocycles. The van der Waals surface area contributed by atoms with Crippen molar-refractivity contribution < 1.29 is 4.79 Å². The molecular weight excluding hydrogens is 418 g/mol. The van der Waals surface area contributed by atoms with E-state index >= 15 is 0 Å². The van der Waals surface area contributed by atoms with E-state index in [9.17, 15) is 4.79 Å². The van der Waals surface area contributed by atoms with Crippen molar-refractivity contribution in [3.8, 4) is 11.3 Å². The van der Waals surface area contributed by atoms with E-state index in [0.29, 0.717) is 13.1 Å². The van der Waals surface area contributed by atoms with E-state index in [0.717, 1.165) is 33.2 Å². The highest BCUT2D eigenvalue weighted by molar-refractivity contribution is 7.09. The van der Waals surface area contributed by atoms with Gasteiger partial charge in [0.15, 0.2) is 0 Å². The van der Waals surface area contributed by atoms with Crippen LogP contribution in [0.2, 0.25) is 0 Å². The minimum absolute atomic E-state index is 0.157. The number of thiazole rings is 1. The van der Waals surface area contributed by atoms with Gasteiger partial charge in [0.1, 0.15) is 5.01 Å². The molecule has 0 unspecified atom stereocenters.